The number of pyridine rings is 1. The molecule has 0 fully saturated rings. The van der Waals surface area contributed by atoms with E-state index in [1.807, 2.05) is 42.5 Å². The number of nitrogens with zero attached hydrogens (tertiary/aromatic N) is 1. The van der Waals surface area contributed by atoms with Crippen molar-refractivity contribution in [2.45, 2.75) is 18.6 Å². The summed E-state index contributed by atoms with van der Waals surface area (Å²) >= 11 is 0. The Morgan fingerprint density at radius 3 is 2.74 bits per heavy atom. The summed E-state index contributed by atoms with van der Waals surface area (Å²) in [5, 5.41) is 0. The molecule has 2 heterocycles. The summed E-state index contributed by atoms with van der Waals surface area (Å²) in [5.74, 6) is 1.54. The molecule has 0 spiro atoms. The molecule has 0 saturated carbocycles. The maximum atomic E-state index is 6.19. The van der Waals surface area contributed by atoms with Gasteiger partial charge in [-0.25, -0.2) is 0 Å². The van der Waals surface area contributed by atoms with Gasteiger partial charge in [0.2, 0.25) is 0 Å². The first-order valence-electron chi connectivity index (χ1n) is 6.37. The van der Waals surface area contributed by atoms with Gasteiger partial charge in [0.25, 0.3) is 0 Å². The molecule has 0 aliphatic carbocycles. The zero-order valence-corrected chi connectivity index (χ0v) is 10.5. The van der Waals surface area contributed by atoms with Crippen LogP contribution in [0.3, 0.4) is 0 Å². The first-order valence-corrected chi connectivity index (χ1v) is 6.37. The van der Waals surface area contributed by atoms with Crippen LogP contribution in [-0.2, 0) is 6.42 Å². The summed E-state index contributed by atoms with van der Waals surface area (Å²) in [6, 6.07) is 13.3. The number of rotatable bonds is 3. The fourth-order valence-corrected chi connectivity index (χ4v) is 2.14. The molecule has 3 rings (SSSR count). The molecular weight excluding hydrogens is 240 g/mol. The summed E-state index contributed by atoms with van der Waals surface area (Å²) < 4.78 is 11.6. The number of aromatic nitrogens is 1. The lowest BCUT2D eigenvalue weighted by Gasteiger charge is -2.30. The lowest BCUT2D eigenvalue weighted by Crippen LogP contribution is -2.46. The Balaban J connectivity index is 1.68. The molecule has 4 nitrogen and oxygen atoms in total. The molecule has 0 radical (unpaired) electrons. The molecule has 4 heteroatoms. The maximum Gasteiger partial charge on any atom is 0.161 e. The molecule has 19 heavy (non-hydrogen) atoms. The van der Waals surface area contributed by atoms with Crippen LogP contribution >= 0.6 is 0 Å². The quantitative estimate of drug-likeness (QED) is 0.909. The van der Waals surface area contributed by atoms with Crippen molar-refractivity contribution in [3.8, 4) is 11.5 Å². The largest absolute Gasteiger partial charge is 0.486 e. The molecule has 1 aliphatic heterocycles. The predicted molar refractivity (Wildman–Crippen MR) is 72.3 cm³/mol. The fourth-order valence-electron chi connectivity index (χ4n) is 2.14. The lowest BCUT2D eigenvalue weighted by molar-refractivity contribution is 0.0720. The van der Waals surface area contributed by atoms with Crippen LogP contribution in [0, 0.1) is 0 Å². The van der Waals surface area contributed by atoms with E-state index in [4.69, 9.17) is 15.2 Å². The number of para-hydroxylation sites is 2. The number of nitrogens with two attached hydrogens (primary N) is 1. The van der Waals surface area contributed by atoms with Crippen LogP contribution in [0.5, 0.6) is 11.5 Å². The molecule has 2 atom stereocenters. The van der Waals surface area contributed by atoms with Gasteiger partial charge in [-0.15, -0.1) is 0 Å². The van der Waals surface area contributed by atoms with Gasteiger partial charge in [-0.05, 0) is 24.3 Å². The van der Waals surface area contributed by atoms with E-state index in [2.05, 4.69) is 4.98 Å². The third kappa shape index (κ3) is 2.69. The first-order chi connectivity index (χ1) is 9.33. The molecule has 1 aromatic heterocycles. The van der Waals surface area contributed by atoms with Gasteiger partial charge in [0.05, 0.1) is 6.04 Å². The third-order valence-electron chi connectivity index (χ3n) is 3.18. The van der Waals surface area contributed by atoms with Crippen LogP contribution in [0.4, 0.5) is 0 Å². The smallest absolute Gasteiger partial charge is 0.161 e. The van der Waals surface area contributed by atoms with Gasteiger partial charge in [-0.2, -0.15) is 0 Å². The highest BCUT2D eigenvalue weighted by atomic mass is 16.6. The van der Waals surface area contributed by atoms with Crippen molar-refractivity contribution in [1.29, 1.82) is 0 Å². The highest BCUT2D eigenvalue weighted by molar-refractivity contribution is 5.40. The number of hydrogen-bond donors (Lipinski definition) is 1. The van der Waals surface area contributed by atoms with Gasteiger partial charge in [-0.3, -0.25) is 4.98 Å². The van der Waals surface area contributed by atoms with Crippen LogP contribution in [0.2, 0.25) is 0 Å². The topological polar surface area (TPSA) is 57.4 Å². The Kier molecular flexibility index (Phi) is 3.33. The highest BCUT2D eigenvalue weighted by Gasteiger charge is 2.26. The van der Waals surface area contributed by atoms with E-state index < -0.39 is 0 Å². The van der Waals surface area contributed by atoms with E-state index in [1.165, 1.54) is 0 Å². The molecule has 2 unspecified atom stereocenters. The molecule has 0 bridgehead atoms. The summed E-state index contributed by atoms with van der Waals surface area (Å²) in [6.45, 7) is 0.477. The number of benzene rings is 1. The summed E-state index contributed by atoms with van der Waals surface area (Å²) in [7, 11) is 0. The van der Waals surface area contributed by atoms with Crippen LogP contribution in [-0.4, -0.2) is 23.7 Å². The van der Waals surface area contributed by atoms with E-state index in [-0.39, 0.29) is 12.1 Å². The maximum absolute atomic E-state index is 6.19. The monoisotopic (exact) mass is 256 g/mol. The minimum Gasteiger partial charge on any atom is -0.486 e. The van der Waals surface area contributed by atoms with E-state index >= 15 is 0 Å². The zero-order valence-electron chi connectivity index (χ0n) is 10.5. The normalized spacial score (nSPS) is 18.9. The van der Waals surface area contributed by atoms with E-state index in [1.54, 1.807) is 6.20 Å². The minimum atomic E-state index is -0.142. The Bertz CT molecular complexity index is 545. The first kappa shape index (κ1) is 12.0. The predicted octanol–water partition coefficient (Wildman–Crippen LogP) is 1.79. The average Bonchev–Trinajstić information content (AvgIpc) is 2.48. The van der Waals surface area contributed by atoms with Gasteiger partial charge < -0.3 is 15.2 Å². The van der Waals surface area contributed by atoms with Gasteiger partial charge >= 0.3 is 0 Å². The number of ether oxygens (including phenoxy) is 2. The van der Waals surface area contributed by atoms with E-state index in [9.17, 15) is 0 Å². The summed E-state index contributed by atoms with van der Waals surface area (Å²) in [5.41, 5.74) is 7.16. The molecule has 0 saturated heterocycles. The van der Waals surface area contributed by atoms with Gasteiger partial charge in [0, 0.05) is 18.3 Å². The van der Waals surface area contributed by atoms with Crippen molar-refractivity contribution in [3.63, 3.8) is 0 Å². The second-order valence-corrected chi connectivity index (χ2v) is 4.60. The van der Waals surface area contributed by atoms with Gasteiger partial charge in [0.1, 0.15) is 12.7 Å². The molecule has 2 aromatic rings. The van der Waals surface area contributed by atoms with Crippen molar-refractivity contribution in [1.82, 2.24) is 4.98 Å². The van der Waals surface area contributed by atoms with Crippen molar-refractivity contribution >= 4 is 0 Å². The number of fused-ring (bicyclic) bond motifs is 1. The average molecular weight is 256 g/mol. The standard InChI is InChI=1S/C15H16N2O2/c16-12(9-11-5-3-4-8-17-11)15-10-18-13-6-1-2-7-14(13)19-15/h1-8,12,15H,9-10,16H2. The Morgan fingerprint density at radius 1 is 1.16 bits per heavy atom. The molecule has 1 aliphatic rings. The van der Waals surface area contributed by atoms with Crippen LogP contribution < -0.4 is 15.2 Å². The molecule has 1 aromatic carbocycles. The van der Waals surface area contributed by atoms with Crippen molar-refractivity contribution < 1.29 is 9.47 Å². The Labute approximate surface area is 112 Å². The highest BCUT2D eigenvalue weighted by Crippen LogP contribution is 2.31. The van der Waals surface area contributed by atoms with E-state index in [0.717, 1.165) is 17.2 Å². The SMILES string of the molecule is NC(Cc1ccccn1)C1COc2ccccc2O1. The van der Waals surface area contributed by atoms with Gasteiger partial charge in [0.15, 0.2) is 11.5 Å². The van der Waals surface area contributed by atoms with Crippen molar-refractivity contribution in [2.75, 3.05) is 6.61 Å². The number of hydrogen-bond acceptors (Lipinski definition) is 4. The van der Waals surface area contributed by atoms with Crippen molar-refractivity contribution in [2.24, 2.45) is 5.73 Å². The molecule has 2 N–H and O–H groups in total. The van der Waals surface area contributed by atoms with E-state index in [0.29, 0.717) is 13.0 Å². The van der Waals surface area contributed by atoms with Crippen LogP contribution in [0.25, 0.3) is 0 Å². The zero-order chi connectivity index (χ0) is 13.1. The summed E-state index contributed by atoms with van der Waals surface area (Å²) in [4.78, 5) is 4.28. The van der Waals surface area contributed by atoms with Crippen molar-refractivity contribution in [3.05, 3.63) is 54.4 Å². The fraction of sp³-hybridized carbons (Fsp3) is 0.267. The second-order valence-electron chi connectivity index (χ2n) is 4.60. The van der Waals surface area contributed by atoms with Crippen LogP contribution in [0.1, 0.15) is 5.69 Å². The summed E-state index contributed by atoms with van der Waals surface area (Å²) in [6.07, 6.45) is 2.31. The minimum absolute atomic E-state index is 0.136. The lowest BCUT2D eigenvalue weighted by atomic mass is 10.1. The van der Waals surface area contributed by atoms with Gasteiger partial charge in [-0.1, -0.05) is 18.2 Å². The third-order valence-corrected chi connectivity index (χ3v) is 3.18. The van der Waals surface area contributed by atoms with Crippen LogP contribution in [0.15, 0.2) is 48.7 Å². The Morgan fingerprint density at radius 2 is 1.95 bits per heavy atom. The second kappa shape index (κ2) is 5.28. The molecule has 98 valence electrons. The molecule has 0 amide bonds. The molecular formula is C15H16N2O2. The Hall–Kier alpha value is -2.07.